The fourth-order valence-electron chi connectivity index (χ4n) is 2.01. The predicted molar refractivity (Wildman–Crippen MR) is 77.4 cm³/mol. The highest BCUT2D eigenvalue weighted by Gasteiger charge is 2.09. The second-order valence-corrected chi connectivity index (χ2v) is 7.25. The maximum atomic E-state index is 11.2. The van der Waals surface area contributed by atoms with Crippen LogP contribution in [0.2, 0.25) is 0 Å². The predicted octanol–water partition coefficient (Wildman–Crippen LogP) is 2.47. The van der Waals surface area contributed by atoms with Crippen molar-refractivity contribution in [1.29, 1.82) is 0 Å². The number of aryl methyl sites for hydroxylation is 1. The molecule has 2 rings (SSSR count). The molecule has 0 saturated carbocycles. The molecule has 0 aliphatic rings. The summed E-state index contributed by atoms with van der Waals surface area (Å²) in [5.74, 6) is 0.983. The van der Waals surface area contributed by atoms with E-state index in [1.807, 2.05) is 48.9 Å². The molecule has 0 aliphatic heterocycles. The first-order valence-electron chi connectivity index (χ1n) is 6.29. The van der Waals surface area contributed by atoms with Crippen molar-refractivity contribution in [3.8, 4) is 5.75 Å². The Morgan fingerprint density at radius 1 is 1.26 bits per heavy atom. The van der Waals surface area contributed by atoms with Crippen molar-refractivity contribution in [2.45, 2.75) is 26.5 Å². The molecule has 1 aromatic carbocycles. The van der Waals surface area contributed by atoms with Crippen LogP contribution in [0, 0.1) is 0 Å². The minimum Gasteiger partial charge on any atom is -0.490 e. The zero-order valence-corrected chi connectivity index (χ0v) is 12.3. The van der Waals surface area contributed by atoms with Gasteiger partial charge in [-0.2, -0.15) is 0 Å². The van der Waals surface area contributed by atoms with Crippen LogP contribution in [-0.2, 0) is 16.4 Å². The number of rotatable bonds is 5. The number of hydrogen-bond acceptors (Lipinski definition) is 3. The average molecular weight is 281 g/mol. The number of hydrogen-bond donors (Lipinski definition) is 0. The monoisotopic (exact) mass is 281 g/mol. The quantitative estimate of drug-likeness (QED) is 0.846. The second kappa shape index (κ2) is 5.25. The first-order valence-corrected chi connectivity index (χ1v) is 8.35. The van der Waals surface area contributed by atoms with Crippen LogP contribution in [-0.4, -0.2) is 31.1 Å². The van der Waals surface area contributed by atoms with Gasteiger partial charge in [-0.3, -0.25) is 0 Å². The minimum absolute atomic E-state index is 0.116. The molecule has 1 heterocycles. The zero-order chi connectivity index (χ0) is 14.0. The van der Waals surface area contributed by atoms with Gasteiger partial charge in [-0.25, -0.2) is 8.42 Å². The van der Waals surface area contributed by atoms with Gasteiger partial charge < -0.3 is 9.30 Å². The van der Waals surface area contributed by atoms with Gasteiger partial charge in [-0.05, 0) is 32.0 Å². The molecule has 0 aliphatic carbocycles. The Bertz CT molecular complexity index is 671. The third-order valence-corrected chi connectivity index (χ3v) is 3.76. The lowest BCUT2D eigenvalue weighted by Gasteiger charge is -2.11. The molecule has 0 unspecified atom stereocenters. The first-order chi connectivity index (χ1) is 8.87. The molecular formula is C14H19NO3S. The van der Waals surface area contributed by atoms with Crippen molar-refractivity contribution in [2.24, 2.45) is 0 Å². The minimum atomic E-state index is -2.95. The van der Waals surface area contributed by atoms with Crippen LogP contribution in [0.15, 0.2) is 30.5 Å². The lowest BCUT2D eigenvalue weighted by molar-refractivity contribution is 0.245. The Hall–Kier alpha value is -1.49. The summed E-state index contributed by atoms with van der Waals surface area (Å²) >= 11 is 0. The number of fused-ring (bicyclic) bond motifs is 1. The van der Waals surface area contributed by atoms with E-state index in [1.165, 1.54) is 6.26 Å². The third kappa shape index (κ3) is 3.50. The Balaban J connectivity index is 2.33. The summed E-state index contributed by atoms with van der Waals surface area (Å²) < 4.78 is 30.2. The largest absolute Gasteiger partial charge is 0.490 e. The van der Waals surface area contributed by atoms with E-state index in [4.69, 9.17) is 4.74 Å². The van der Waals surface area contributed by atoms with E-state index in [1.54, 1.807) is 0 Å². The number of nitrogens with zero attached hydrogens (tertiary/aromatic N) is 1. The maximum Gasteiger partial charge on any atom is 0.149 e. The van der Waals surface area contributed by atoms with Gasteiger partial charge in [0.05, 0.1) is 17.4 Å². The molecule has 2 aromatic rings. The Labute approximate surface area is 113 Å². The van der Waals surface area contributed by atoms with E-state index in [0.29, 0.717) is 6.54 Å². The van der Waals surface area contributed by atoms with E-state index >= 15 is 0 Å². The van der Waals surface area contributed by atoms with Crippen LogP contribution in [0.25, 0.3) is 10.9 Å². The lowest BCUT2D eigenvalue weighted by atomic mass is 10.2. The molecule has 1 aromatic heterocycles. The third-order valence-electron chi connectivity index (χ3n) is 2.84. The van der Waals surface area contributed by atoms with Crippen molar-refractivity contribution >= 4 is 20.7 Å². The second-order valence-electron chi connectivity index (χ2n) is 4.99. The van der Waals surface area contributed by atoms with E-state index in [9.17, 15) is 8.42 Å². The van der Waals surface area contributed by atoms with E-state index in [0.717, 1.165) is 16.7 Å². The molecule has 0 amide bonds. The first kappa shape index (κ1) is 13.9. The Morgan fingerprint density at radius 3 is 2.63 bits per heavy atom. The van der Waals surface area contributed by atoms with Crippen molar-refractivity contribution in [3.63, 3.8) is 0 Å². The van der Waals surface area contributed by atoms with Crippen LogP contribution in [0.1, 0.15) is 13.8 Å². The summed E-state index contributed by atoms with van der Waals surface area (Å²) in [6.45, 7) is 4.44. The van der Waals surface area contributed by atoms with E-state index in [2.05, 4.69) is 0 Å². The van der Waals surface area contributed by atoms with E-state index < -0.39 is 9.84 Å². The highest BCUT2D eigenvalue weighted by Crippen LogP contribution is 2.27. The maximum absolute atomic E-state index is 11.2. The van der Waals surface area contributed by atoms with Crippen molar-refractivity contribution < 1.29 is 13.2 Å². The van der Waals surface area contributed by atoms with Crippen LogP contribution in [0.3, 0.4) is 0 Å². The van der Waals surface area contributed by atoms with Crippen LogP contribution in [0.4, 0.5) is 0 Å². The average Bonchev–Trinajstić information content (AvgIpc) is 2.69. The normalized spacial score (nSPS) is 12.2. The highest BCUT2D eigenvalue weighted by atomic mass is 32.2. The van der Waals surface area contributed by atoms with Crippen molar-refractivity contribution in [1.82, 2.24) is 4.57 Å². The number of benzene rings is 1. The van der Waals surface area contributed by atoms with Crippen molar-refractivity contribution in [2.75, 3.05) is 12.0 Å². The molecule has 0 atom stereocenters. The van der Waals surface area contributed by atoms with Gasteiger partial charge in [0.25, 0.3) is 0 Å². The zero-order valence-electron chi connectivity index (χ0n) is 11.5. The Morgan fingerprint density at radius 2 is 2.00 bits per heavy atom. The molecular weight excluding hydrogens is 262 g/mol. The summed E-state index contributed by atoms with van der Waals surface area (Å²) in [7, 11) is -2.95. The molecule has 0 saturated heterocycles. The van der Waals surface area contributed by atoms with Gasteiger partial charge in [0.2, 0.25) is 0 Å². The van der Waals surface area contributed by atoms with Gasteiger partial charge in [0.15, 0.2) is 0 Å². The molecule has 19 heavy (non-hydrogen) atoms. The molecule has 4 nitrogen and oxygen atoms in total. The van der Waals surface area contributed by atoms with Gasteiger partial charge in [-0.1, -0.05) is 6.07 Å². The van der Waals surface area contributed by atoms with E-state index in [-0.39, 0.29) is 11.9 Å². The van der Waals surface area contributed by atoms with Gasteiger partial charge in [0, 0.05) is 24.4 Å². The molecule has 104 valence electrons. The van der Waals surface area contributed by atoms with Gasteiger partial charge in [0.1, 0.15) is 15.6 Å². The summed E-state index contributed by atoms with van der Waals surface area (Å²) in [5, 5.41) is 1.02. The molecule has 0 radical (unpaired) electrons. The van der Waals surface area contributed by atoms with Crippen LogP contribution >= 0.6 is 0 Å². The molecule has 0 spiro atoms. The molecule has 0 fully saturated rings. The Kier molecular flexibility index (Phi) is 3.85. The molecule has 0 N–H and O–H groups in total. The SMILES string of the molecule is CC(C)Oc1cccc2c1ccn2CCS(C)(=O)=O. The van der Waals surface area contributed by atoms with Gasteiger partial charge >= 0.3 is 0 Å². The molecule has 5 heteroatoms. The summed E-state index contributed by atoms with van der Waals surface area (Å²) in [6, 6.07) is 7.81. The highest BCUT2D eigenvalue weighted by molar-refractivity contribution is 7.90. The summed E-state index contributed by atoms with van der Waals surface area (Å²) in [6.07, 6.45) is 3.28. The fraction of sp³-hybridized carbons (Fsp3) is 0.429. The van der Waals surface area contributed by atoms with Crippen molar-refractivity contribution in [3.05, 3.63) is 30.5 Å². The van der Waals surface area contributed by atoms with Crippen LogP contribution < -0.4 is 4.74 Å². The summed E-state index contributed by atoms with van der Waals surface area (Å²) in [5.41, 5.74) is 1.00. The van der Waals surface area contributed by atoms with Gasteiger partial charge in [-0.15, -0.1) is 0 Å². The smallest absolute Gasteiger partial charge is 0.149 e. The lowest BCUT2D eigenvalue weighted by Crippen LogP contribution is -2.10. The number of aromatic nitrogens is 1. The standard InChI is InChI=1S/C14H19NO3S/c1-11(2)18-14-6-4-5-13-12(14)7-8-15(13)9-10-19(3,16)17/h4-8,11H,9-10H2,1-3H3. The fourth-order valence-corrected chi connectivity index (χ4v) is 2.54. The molecule has 0 bridgehead atoms. The summed E-state index contributed by atoms with van der Waals surface area (Å²) in [4.78, 5) is 0. The number of ether oxygens (including phenoxy) is 1. The number of sulfone groups is 1. The van der Waals surface area contributed by atoms with Crippen LogP contribution in [0.5, 0.6) is 5.75 Å². The topological polar surface area (TPSA) is 48.3 Å².